The van der Waals surface area contributed by atoms with Gasteiger partial charge in [-0.15, -0.1) is 0 Å². The zero-order valence-corrected chi connectivity index (χ0v) is 17.8. The van der Waals surface area contributed by atoms with Crippen LogP contribution in [0, 0.1) is 0 Å². The van der Waals surface area contributed by atoms with Gasteiger partial charge in [-0.25, -0.2) is 0 Å². The van der Waals surface area contributed by atoms with Gasteiger partial charge in [0.05, 0.1) is 30.8 Å². The van der Waals surface area contributed by atoms with Crippen LogP contribution in [-0.2, 0) is 18.7 Å². The molecule has 2 aliphatic heterocycles. The summed E-state index contributed by atoms with van der Waals surface area (Å²) in [4.78, 5) is 12.4. The zero-order chi connectivity index (χ0) is 18.7. The highest BCUT2D eigenvalue weighted by molar-refractivity contribution is 6.74. The zero-order valence-electron chi connectivity index (χ0n) is 16.8. The number of ether oxygens (including phenoxy) is 2. The first-order valence-corrected chi connectivity index (χ1v) is 12.7. The molecule has 0 N–H and O–H groups in total. The summed E-state index contributed by atoms with van der Waals surface area (Å²) < 4.78 is 18.4. The van der Waals surface area contributed by atoms with E-state index in [4.69, 9.17) is 13.9 Å². The van der Waals surface area contributed by atoms with Crippen LogP contribution in [0.3, 0.4) is 0 Å². The van der Waals surface area contributed by atoms with E-state index in [1.165, 1.54) is 0 Å². The standard InChI is InChI=1S/C20H36O4Si/c1-15-10-8-7-9-11-16-12-13-17(18(23-16)14-19(21)22-15)24-25(5,6)20(2,3)4/h9,11,15-18H,7-8,10,12-14H2,1-6H3/b11-9+/t15-,16-,17-,18+/m0/s1. The molecule has 5 heteroatoms. The smallest absolute Gasteiger partial charge is 0.308 e. The molecule has 1 fully saturated rings. The third-order valence-corrected chi connectivity index (χ3v) is 10.3. The molecule has 0 saturated carbocycles. The molecule has 25 heavy (non-hydrogen) atoms. The van der Waals surface area contributed by atoms with Crippen molar-refractivity contribution < 1.29 is 18.7 Å². The van der Waals surface area contributed by atoms with Crippen LogP contribution in [0.25, 0.3) is 0 Å². The summed E-state index contributed by atoms with van der Waals surface area (Å²) in [5.41, 5.74) is 0. The fourth-order valence-electron chi connectivity index (χ4n) is 3.17. The van der Waals surface area contributed by atoms with Gasteiger partial charge in [0, 0.05) is 0 Å². The maximum atomic E-state index is 12.4. The summed E-state index contributed by atoms with van der Waals surface area (Å²) in [6, 6.07) is 0. The number of esters is 1. The van der Waals surface area contributed by atoms with Gasteiger partial charge in [0.25, 0.3) is 0 Å². The number of allylic oxidation sites excluding steroid dienone is 1. The molecule has 4 atom stereocenters. The first-order chi connectivity index (χ1) is 11.6. The van der Waals surface area contributed by atoms with E-state index in [2.05, 4.69) is 46.0 Å². The molecule has 0 aromatic carbocycles. The van der Waals surface area contributed by atoms with Crippen LogP contribution in [0.4, 0.5) is 0 Å². The van der Waals surface area contributed by atoms with Gasteiger partial charge in [0.15, 0.2) is 8.32 Å². The van der Waals surface area contributed by atoms with E-state index in [1.807, 2.05) is 6.92 Å². The molecule has 4 nitrogen and oxygen atoms in total. The van der Waals surface area contributed by atoms with Gasteiger partial charge in [-0.2, -0.15) is 0 Å². The Morgan fingerprint density at radius 3 is 2.60 bits per heavy atom. The summed E-state index contributed by atoms with van der Waals surface area (Å²) in [5.74, 6) is -0.161. The minimum absolute atomic E-state index is 0.0173. The van der Waals surface area contributed by atoms with Crippen molar-refractivity contribution in [2.45, 2.75) is 109 Å². The van der Waals surface area contributed by atoms with Crippen molar-refractivity contribution in [3.63, 3.8) is 0 Å². The van der Waals surface area contributed by atoms with Gasteiger partial charge >= 0.3 is 5.97 Å². The first-order valence-electron chi connectivity index (χ1n) is 9.78. The Labute approximate surface area is 154 Å². The highest BCUT2D eigenvalue weighted by Crippen LogP contribution is 2.39. The van der Waals surface area contributed by atoms with Crippen molar-refractivity contribution in [2.24, 2.45) is 0 Å². The number of hydrogen-bond donors (Lipinski definition) is 0. The average Bonchev–Trinajstić information content (AvgIpc) is 2.46. The van der Waals surface area contributed by atoms with Crippen LogP contribution in [-0.4, -0.2) is 38.7 Å². The van der Waals surface area contributed by atoms with Crippen LogP contribution in [0.1, 0.15) is 66.2 Å². The number of fused-ring (bicyclic) bond motifs is 2. The van der Waals surface area contributed by atoms with E-state index < -0.39 is 8.32 Å². The number of rotatable bonds is 2. The fourth-order valence-corrected chi connectivity index (χ4v) is 4.55. The number of carbonyl (C=O) groups excluding carboxylic acids is 1. The summed E-state index contributed by atoms with van der Waals surface area (Å²) in [7, 11) is -1.90. The number of cyclic esters (lactones) is 1. The Kier molecular flexibility index (Phi) is 6.91. The molecule has 2 rings (SSSR count). The highest BCUT2D eigenvalue weighted by Gasteiger charge is 2.43. The molecule has 0 aliphatic carbocycles. The molecule has 0 amide bonds. The minimum atomic E-state index is -1.90. The van der Waals surface area contributed by atoms with Gasteiger partial charge < -0.3 is 13.9 Å². The molecule has 0 radical (unpaired) electrons. The first kappa shape index (κ1) is 20.7. The molecule has 1 saturated heterocycles. The van der Waals surface area contributed by atoms with E-state index in [9.17, 15) is 4.79 Å². The van der Waals surface area contributed by atoms with Crippen molar-refractivity contribution in [3.8, 4) is 0 Å². The highest BCUT2D eigenvalue weighted by atomic mass is 28.4. The lowest BCUT2D eigenvalue weighted by molar-refractivity contribution is -0.159. The fraction of sp³-hybridized carbons (Fsp3) is 0.850. The summed E-state index contributed by atoms with van der Waals surface area (Å²) in [6.07, 6.45) is 9.37. The SMILES string of the molecule is C[C@H]1CCC/C=C/[C@H]2CC[C@H](O[Si](C)(C)C(C)(C)C)[C@@H](CC(=O)O1)O2. The molecule has 0 aromatic rings. The largest absolute Gasteiger partial charge is 0.463 e. The van der Waals surface area contributed by atoms with Crippen LogP contribution >= 0.6 is 0 Å². The van der Waals surface area contributed by atoms with Gasteiger partial charge in [0.2, 0.25) is 0 Å². The van der Waals surface area contributed by atoms with Crippen molar-refractivity contribution in [3.05, 3.63) is 12.2 Å². The number of hydrogen-bond acceptors (Lipinski definition) is 4. The molecule has 0 aromatic heterocycles. The normalized spacial score (nSPS) is 33.8. The predicted molar refractivity (Wildman–Crippen MR) is 103 cm³/mol. The molecule has 0 unspecified atom stereocenters. The lowest BCUT2D eigenvalue weighted by Crippen LogP contribution is -2.50. The van der Waals surface area contributed by atoms with Crippen molar-refractivity contribution in [1.29, 1.82) is 0 Å². The predicted octanol–water partition coefficient (Wildman–Crippen LogP) is 4.99. The summed E-state index contributed by atoms with van der Waals surface area (Å²) in [5, 5.41) is 0.143. The second kappa shape index (κ2) is 8.36. The second-order valence-corrected chi connectivity index (χ2v) is 13.8. The Bertz CT molecular complexity index is 481. The maximum absolute atomic E-state index is 12.4. The van der Waals surface area contributed by atoms with Gasteiger partial charge in [-0.1, -0.05) is 32.9 Å². The molecule has 144 valence electrons. The Morgan fingerprint density at radius 2 is 1.92 bits per heavy atom. The van der Waals surface area contributed by atoms with Crippen molar-refractivity contribution in [2.75, 3.05) is 0 Å². The van der Waals surface area contributed by atoms with E-state index in [-0.39, 0.29) is 41.8 Å². The van der Waals surface area contributed by atoms with Crippen LogP contribution in [0.2, 0.25) is 18.1 Å². The second-order valence-electron chi connectivity index (χ2n) is 9.07. The van der Waals surface area contributed by atoms with E-state index in [0.29, 0.717) is 0 Å². The van der Waals surface area contributed by atoms with Gasteiger partial charge in [-0.05, 0) is 57.2 Å². The molecular weight excluding hydrogens is 332 g/mol. The summed E-state index contributed by atoms with van der Waals surface area (Å²) in [6.45, 7) is 13.2. The third-order valence-electron chi connectivity index (χ3n) is 5.78. The maximum Gasteiger partial charge on any atom is 0.308 e. The average molecular weight is 369 g/mol. The Hall–Kier alpha value is -0.653. The Morgan fingerprint density at radius 1 is 1.20 bits per heavy atom. The monoisotopic (exact) mass is 368 g/mol. The van der Waals surface area contributed by atoms with Crippen LogP contribution < -0.4 is 0 Å². The van der Waals surface area contributed by atoms with E-state index in [0.717, 1.165) is 32.1 Å². The lowest BCUT2D eigenvalue weighted by Gasteiger charge is -2.44. The number of carbonyl (C=O) groups is 1. The van der Waals surface area contributed by atoms with Crippen LogP contribution in [0.5, 0.6) is 0 Å². The molecular formula is C20H36O4Si. The van der Waals surface area contributed by atoms with Gasteiger partial charge in [-0.3, -0.25) is 4.79 Å². The van der Waals surface area contributed by atoms with E-state index >= 15 is 0 Å². The minimum Gasteiger partial charge on any atom is -0.463 e. The van der Waals surface area contributed by atoms with Crippen molar-refractivity contribution >= 4 is 14.3 Å². The molecule has 2 heterocycles. The topological polar surface area (TPSA) is 44.8 Å². The third kappa shape index (κ3) is 5.93. The Balaban J connectivity index is 2.13. The van der Waals surface area contributed by atoms with E-state index in [1.54, 1.807) is 0 Å². The molecule has 2 bridgehead atoms. The summed E-state index contributed by atoms with van der Waals surface area (Å²) >= 11 is 0. The van der Waals surface area contributed by atoms with Gasteiger partial charge in [0.1, 0.15) is 0 Å². The lowest BCUT2D eigenvalue weighted by atomic mass is 9.98. The van der Waals surface area contributed by atoms with Crippen LogP contribution in [0.15, 0.2) is 12.2 Å². The van der Waals surface area contributed by atoms with Crippen molar-refractivity contribution in [1.82, 2.24) is 0 Å². The molecule has 0 spiro atoms. The molecule has 2 aliphatic rings. The quantitative estimate of drug-likeness (QED) is 0.391.